The Hall–Kier alpha value is -0.0800. The molecule has 0 amide bonds. The van der Waals surface area contributed by atoms with Crippen LogP contribution in [-0.2, 0) is 0 Å². The number of hydrogen-bond acceptors (Lipinski definition) is 2. The fourth-order valence-electron chi connectivity index (χ4n) is 2.97. The lowest BCUT2D eigenvalue weighted by Gasteiger charge is -2.45. The predicted octanol–water partition coefficient (Wildman–Crippen LogP) is 1.84. The van der Waals surface area contributed by atoms with Crippen LogP contribution in [0.2, 0.25) is 0 Å². The maximum atomic E-state index is 5.94. The van der Waals surface area contributed by atoms with Crippen LogP contribution < -0.4 is 5.73 Å². The molecule has 82 valence electrons. The van der Waals surface area contributed by atoms with Crippen molar-refractivity contribution in [2.24, 2.45) is 17.6 Å². The van der Waals surface area contributed by atoms with Crippen LogP contribution in [0.25, 0.3) is 0 Å². The normalized spacial score (nSPS) is 37.9. The molecule has 14 heavy (non-hydrogen) atoms. The van der Waals surface area contributed by atoms with E-state index in [1.54, 1.807) is 0 Å². The summed E-state index contributed by atoms with van der Waals surface area (Å²) in [5.41, 5.74) is 5.94. The highest BCUT2D eigenvalue weighted by Crippen LogP contribution is 2.33. The second-order valence-electron chi connectivity index (χ2n) is 5.46. The summed E-state index contributed by atoms with van der Waals surface area (Å²) >= 11 is 0. The first-order valence-electron chi connectivity index (χ1n) is 6.16. The van der Waals surface area contributed by atoms with E-state index in [4.69, 9.17) is 5.73 Å². The van der Waals surface area contributed by atoms with Gasteiger partial charge in [-0.1, -0.05) is 6.92 Å². The zero-order chi connectivity index (χ0) is 10.1. The Labute approximate surface area is 87.8 Å². The largest absolute Gasteiger partial charge is 0.328 e. The van der Waals surface area contributed by atoms with E-state index in [1.807, 2.05) is 0 Å². The highest BCUT2D eigenvalue weighted by atomic mass is 15.2. The summed E-state index contributed by atoms with van der Waals surface area (Å²) < 4.78 is 0. The van der Waals surface area contributed by atoms with Crippen molar-refractivity contribution in [1.82, 2.24) is 4.90 Å². The summed E-state index contributed by atoms with van der Waals surface area (Å²) in [7, 11) is 0. The Kier molecular flexibility index (Phi) is 3.13. The first-order valence-corrected chi connectivity index (χ1v) is 6.16. The number of rotatable bonds is 2. The van der Waals surface area contributed by atoms with Crippen molar-refractivity contribution >= 4 is 0 Å². The highest BCUT2D eigenvalue weighted by Gasteiger charge is 2.33. The Morgan fingerprint density at radius 3 is 2.21 bits per heavy atom. The first kappa shape index (κ1) is 10.4. The summed E-state index contributed by atoms with van der Waals surface area (Å²) in [5.74, 6) is 1.76. The molecule has 1 unspecified atom stereocenters. The van der Waals surface area contributed by atoms with E-state index in [2.05, 4.69) is 18.7 Å². The lowest BCUT2D eigenvalue weighted by atomic mass is 9.79. The summed E-state index contributed by atoms with van der Waals surface area (Å²) in [5, 5.41) is 0. The van der Waals surface area contributed by atoms with Crippen LogP contribution in [0, 0.1) is 11.8 Å². The number of nitrogens with two attached hydrogens (primary N) is 1. The van der Waals surface area contributed by atoms with Crippen molar-refractivity contribution in [3.05, 3.63) is 0 Å². The van der Waals surface area contributed by atoms with Crippen LogP contribution in [0.3, 0.4) is 0 Å². The van der Waals surface area contributed by atoms with Gasteiger partial charge in [-0.3, -0.25) is 0 Å². The maximum Gasteiger partial charge on any atom is 0.0100 e. The molecule has 0 aromatic rings. The minimum Gasteiger partial charge on any atom is -0.328 e. The van der Waals surface area contributed by atoms with Gasteiger partial charge in [0.1, 0.15) is 0 Å². The van der Waals surface area contributed by atoms with Crippen LogP contribution in [0.5, 0.6) is 0 Å². The van der Waals surface area contributed by atoms with Crippen molar-refractivity contribution in [2.75, 3.05) is 13.1 Å². The molecule has 1 saturated carbocycles. The van der Waals surface area contributed by atoms with Gasteiger partial charge in [0.05, 0.1) is 0 Å². The van der Waals surface area contributed by atoms with E-state index in [9.17, 15) is 0 Å². The number of likely N-dealkylation sites (tertiary alicyclic amines) is 1. The van der Waals surface area contributed by atoms with E-state index in [0.717, 1.165) is 17.9 Å². The van der Waals surface area contributed by atoms with Gasteiger partial charge < -0.3 is 10.6 Å². The van der Waals surface area contributed by atoms with Crippen LogP contribution >= 0.6 is 0 Å². The third-order valence-electron chi connectivity index (χ3n) is 4.18. The molecule has 2 fully saturated rings. The van der Waals surface area contributed by atoms with Crippen molar-refractivity contribution in [1.29, 1.82) is 0 Å². The van der Waals surface area contributed by atoms with Crippen molar-refractivity contribution in [2.45, 2.75) is 51.6 Å². The molecular formula is C12H24N2. The topological polar surface area (TPSA) is 29.3 Å². The Morgan fingerprint density at radius 1 is 1.21 bits per heavy atom. The third kappa shape index (κ3) is 2.12. The van der Waals surface area contributed by atoms with Crippen LogP contribution in [-0.4, -0.2) is 30.1 Å². The van der Waals surface area contributed by atoms with Crippen molar-refractivity contribution in [3.8, 4) is 0 Å². The SMILES string of the molecule is CC1CC(N2CCC(C(C)N)CC2)C1. The zero-order valence-corrected chi connectivity index (χ0v) is 9.58. The highest BCUT2D eigenvalue weighted by molar-refractivity contribution is 4.88. The van der Waals surface area contributed by atoms with Gasteiger partial charge in [0.25, 0.3) is 0 Å². The van der Waals surface area contributed by atoms with Gasteiger partial charge in [0.2, 0.25) is 0 Å². The van der Waals surface area contributed by atoms with Gasteiger partial charge in [-0.2, -0.15) is 0 Å². The molecule has 2 nitrogen and oxygen atoms in total. The zero-order valence-electron chi connectivity index (χ0n) is 9.58. The molecule has 1 aliphatic heterocycles. The van der Waals surface area contributed by atoms with E-state index < -0.39 is 0 Å². The monoisotopic (exact) mass is 196 g/mol. The molecule has 1 heterocycles. The van der Waals surface area contributed by atoms with Gasteiger partial charge >= 0.3 is 0 Å². The molecule has 2 rings (SSSR count). The van der Waals surface area contributed by atoms with E-state index in [0.29, 0.717) is 6.04 Å². The summed E-state index contributed by atoms with van der Waals surface area (Å²) in [6.45, 7) is 7.12. The molecule has 2 heteroatoms. The van der Waals surface area contributed by atoms with Crippen molar-refractivity contribution in [3.63, 3.8) is 0 Å². The maximum absolute atomic E-state index is 5.94. The van der Waals surface area contributed by atoms with Gasteiger partial charge in [0, 0.05) is 12.1 Å². The molecule has 0 bridgehead atoms. The molecule has 2 N–H and O–H groups in total. The molecule has 0 aromatic carbocycles. The van der Waals surface area contributed by atoms with Crippen LogP contribution in [0.1, 0.15) is 39.5 Å². The molecule has 1 saturated heterocycles. The van der Waals surface area contributed by atoms with E-state index in [1.165, 1.54) is 38.8 Å². The minimum atomic E-state index is 0.400. The van der Waals surface area contributed by atoms with Crippen LogP contribution in [0.15, 0.2) is 0 Å². The fraction of sp³-hybridized carbons (Fsp3) is 1.00. The molecule has 0 aromatic heterocycles. The van der Waals surface area contributed by atoms with Crippen molar-refractivity contribution < 1.29 is 0 Å². The average molecular weight is 196 g/mol. The Morgan fingerprint density at radius 2 is 1.79 bits per heavy atom. The number of piperidine rings is 1. The standard InChI is InChI=1S/C12H24N2/c1-9-7-12(8-9)14-5-3-11(4-6-14)10(2)13/h9-12H,3-8,13H2,1-2H3. The third-order valence-corrected chi connectivity index (χ3v) is 4.18. The molecule has 0 radical (unpaired) electrons. The minimum absolute atomic E-state index is 0.400. The molecule has 1 aliphatic carbocycles. The van der Waals surface area contributed by atoms with E-state index >= 15 is 0 Å². The Balaban J connectivity index is 1.73. The van der Waals surface area contributed by atoms with Gasteiger partial charge in [-0.05, 0) is 57.5 Å². The van der Waals surface area contributed by atoms with Gasteiger partial charge in [-0.25, -0.2) is 0 Å². The molecule has 1 atom stereocenters. The summed E-state index contributed by atoms with van der Waals surface area (Å²) in [6, 6.07) is 1.32. The molecular weight excluding hydrogens is 172 g/mol. The first-order chi connectivity index (χ1) is 6.66. The summed E-state index contributed by atoms with van der Waals surface area (Å²) in [4.78, 5) is 2.69. The molecule has 2 aliphatic rings. The predicted molar refractivity (Wildman–Crippen MR) is 60.1 cm³/mol. The quantitative estimate of drug-likeness (QED) is 0.730. The lowest BCUT2D eigenvalue weighted by Crippen LogP contribution is -2.49. The summed E-state index contributed by atoms with van der Waals surface area (Å²) in [6.07, 6.45) is 5.51. The average Bonchev–Trinajstić information content (AvgIpc) is 2.13. The number of hydrogen-bond donors (Lipinski definition) is 1. The van der Waals surface area contributed by atoms with Gasteiger partial charge in [0.15, 0.2) is 0 Å². The fourth-order valence-corrected chi connectivity index (χ4v) is 2.97. The second-order valence-corrected chi connectivity index (χ2v) is 5.46. The van der Waals surface area contributed by atoms with Crippen LogP contribution in [0.4, 0.5) is 0 Å². The van der Waals surface area contributed by atoms with E-state index in [-0.39, 0.29) is 0 Å². The molecule has 0 spiro atoms. The lowest BCUT2D eigenvalue weighted by molar-refractivity contribution is 0.0513. The Bertz CT molecular complexity index is 177. The van der Waals surface area contributed by atoms with Gasteiger partial charge in [-0.15, -0.1) is 0 Å². The number of nitrogens with zero attached hydrogens (tertiary/aromatic N) is 1. The second kappa shape index (κ2) is 4.19. The smallest absolute Gasteiger partial charge is 0.0100 e.